The molecule has 0 heterocycles. The predicted octanol–water partition coefficient (Wildman–Crippen LogP) is 4.43. The molecule has 1 aliphatic rings. The number of Topliss-reactive ketones (excluding diaryl/α,β-unsaturated/α-hetero) is 1. The van der Waals surface area contributed by atoms with E-state index in [9.17, 15) is 28.8 Å². The smallest absolute Gasteiger partial charge is 0.308 e. The number of ketones is 1. The van der Waals surface area contributed by atoms with Crippen LogP contribution in [0.1, 0.15) is 73.5 Å². The van der Waals surface area contributed by atoms with Crippen molar-refractivity contribution in [2.24, 2.45) is 0 Å². The van der Waals surface area contributed by atoms with Crippen LogP contribution >= 0.6 is 0 Å². The van der Waals surface area contributed by atoms with Crippen molar-refractivity contribution in [3.63, 3.8) is 0 Å². The Labute approximate surface area is 240 Å². The van der Waals surface area contributed by atoms with Crippen LogP contribution in [0, 0.1) is 0 Å². The number of hydrogen-bond acceptors (Lipinski definition) is 11. The molecule has 0 fully saturated rings. The molecule has 0 amide bonds. The number of hydrogen-bond donors (Lipinski definition) is 0. The number of fused-ring (bicyclic) bond motifs is 1. The summed E-state index contributed by atoms with van der Waals surface area (Å²) in [4.78, 5) is 73.0. The molecule has 0 bridgehead atoms. The highest BCUT2D eigenvalue weighted by Crippen LogP contribution is 2.53. The van der Waals surface area contributed by atoms with Gasteiger partial charge in [-0.05, 0) is 41.5 Å². The second-order valence-corrected chi connectivity index (χ2v) is 9.48. The average molecular weight is 575 g/mol. The Hall–Kier alpha value is -5.32. The van der Waals surface area contributed by atoms with Crippen molar-refractivity contribution in [2.45, 2.75) is 46.5 Å². The Bertz CT molecular complexity index is 1580. The highest BCUT2D eigenvalue weighted by Gasteiger charge is 2.45. The van der Waals surface area contributed by atoms with E-state index in [1.807, 2.05) is 0 Å². The van der Waals surface area contributed by atoms with E-state index in [1.165, 1.54) is 65.0 Å². The molecule has 0 spiro atoms. The number of carbonyl (C=O) groups is 6. The lowest BCUT2D eigenvalue weighted by atomic mass is 9.81. The van der Waals surface area contributed by atoms with Gasteiger partial charge in [-0.3, -0.25) is 28.8 Å². The maximum absolute atomic E-state index is 14.2. The number of ether oxygens (including phenoxy) is 5. The lowest BCUT2D eigenvalue weighted by molar-refractivity contribution is -0.133. The summed E-state index contributed by atoms with van der Waals surface area (Å²) < 4.78 is 26.4. The molecule has 3 aromatic carbocycles. The number of esters is 5. The highest BCUT2D eigenvalue weighted by molar-refractivity contribution is 6.08. The maximum atomic E-state index is 14.2. The van der Waals surface area contributed by atoms with Gasteiger partial charge in [0.15, 0.2) is 5.78 Å². The zero-order valence-electron chi connectivity index (χ0n) is 23.3. The van der Waals surface area contributed by atoms with Crippen molar-refractivity contribution < 1.29 is 52.5 Å². The Kier molecular flexibility index (Phi) is 8.51. The van der Waals surface area contributed by atoms with Gasteiger partial charge in [-0.1, -0.05) is 12.1 Å². The van der Waals surface area contributed by atoms with Crippen LogP contribution in [0.4, 0.5) is 0 Å². The minimum Gasteiger partial charge on any atom is -0.427 e. The highest BCUT2D eigenvalue weighted by atomic mass is 16.6. The van der Waals surface area contributed by atoms with Crippen LogP contribution in [0.2, 0.25) is 0 Å². The second-order valence-electron chi connectivity index (χ2n) is 9.48. The molecule has 0 radical (unpaired) electrons. The Morgan fingerprint density at radius 2 is 0.952 bits per heavy atom. The van der Waals surface area contributed by atoms with E-state index in [0.717, 1.165) is 0 Å². The van der Waals surface area contributed by atoms with Crippen LogP contribution in [-0.2, 0) is 24.0 Å². The molecule has 0 aliphatic heterocycles. The summed E-state index contributed by atoms with van der Waals surface area (Å²) in [6.45, 7) is 6.04. The third-order valence-electron chi connectivity index (χ3n) is 6.11. The summed E-state index contributed by atoms with van der Waals surface area (Å²) in [6, 6.07) is 13.4. The molecule has 0 aromatic heterocycles. The molecule has 216 valence electrons. The number of carbonyl (C=O) groups excluding carboxylic acids is 6. The van der Waals surface area contributed by atoms with Crippen molar-refractivity contribution >= 4 is 35.6 Å². The zero-order chi connectivity index (χ0) is 30.7. The SMILES string of the molecule is CC(=O)Oc1ccc([C@H]2c3c(OC(C)=O)cc(OC(C)=O)cc3C(=O)[C@@H]2c2cc(OC(C)=O)cc(OC(C)=O)c2)cc1. The first-order valence-electron chi connectivity index (χ1n) is 12.7. The Morgan fingerprint density at radius 3 is 1.43 bits per heavy atom. The molecule has 42 heavy (non-hydrogen) atoms. The van der Waals surface area contributed by atoms with Crippen LogP contribution in [0.15, 0.2) is 54.6 Å². The molecule has 11 nitrogen and oxygen atoms in total. The van der Waals surface area contributed by atoms with Crippen molar-refractivity contribution in [1.82, 2.24) is 0 Å². The van der Waals surface area contributed by atoms with Gasteiger partial charge in [0.2, 0.25) is 0 Å². The third-order valence-corrected chi connectivity index (χ3v) is 6.11. The summed E-state index contributed by atoms with van der Waals surface area (Å²) in [5.41, 5.74) is 1.35. The first-order chi connectivity index (χ1) is 19.8. The largest absolute Gasteiger partial charge is 0.427 e. The summed E-state index contributed by atoms with van der Waals surface area (Å²) in [6.07, 6.45) is 0. The Morgan fingerprint density at radius 1 is 0.500 bits per heavy atom. The van der Waals surface area contributed by atoms with Crippen LogP contribution in [0.25, 0.3) is 0 Å². The average Bonchev–Trinajstić information content (AvgIpc) is 3.15. The molecule has 3 aromatic rings. The normalized spacial score (nSPS) is 15.3. The standard InChI is InChI=1S/C31H26O11/c1-15(32)38-22-8-6-20(7-9-22)28-29(21-10-23(39-16(2)33)12-24(11-21)40-17(3)34)31(37)26-13-25(41-18(4)35)14-27(30(26)28)42-19(5)36/h6-14,28-29H,1-5H3/t28-,29-/m1/s1. The summed E-state index contributed by atoms with van der Waals surface area (Å²) in [5, 5.41) is 0. The van der Waals surface area contributed by atoms with Gasteiger partial charge in [0.1, 0.15) is 28.7 Å². The lowest BCUT2D eigenvalue weighted by Gasteiger charge is -2.23. The number of rotatable bonds is 7. The van der Waals surface area contributed by atoms with E-state index >= 15 is 0 Å². The summed E-state index contributed by atoms with van der Waals surface area (Å²) >= 11 is 0. The lowest BCUT2D eigenvalue weighted by Crippen LogP contribution is -2.15. The molecule has 0 saturated heterocycles. The summed E-state index contributed by atoms with van der Waals surface area (Å²) in [5.74, 6) is -5.03. The zero-order valence-corrected chi connectivity index (χ0v) is 23.3. The van der Waals surface area contributed by atoms with E-state index in [4.69, 9.17) is 23.7 Å². The monoisotopic (exact) mass is 574 g/mol. The Balaban J connectivity index is 1.98. The van der Waals surface area contributed by atoms with Crippen LogP contribution in [0.5, 0.6) is 28.7 Å². The van der Waals surface area contributed by atoms with E-state index in [0.29, 0.717) is 16.7 Å². The number of benzene rings is 3. The van der Waals surface area contributed by atoms with Crippen LogP contribution in [-0.4, -0.2) is 35.6 Å². The maximum Gasteiger partial charge on any atom is 0.308 e. The van der Waals surface area contributed by atoms with Crippen molar-refractivity contribution in [2.75, 3.05) is 0 Å². The molecule has 0 N–H and O–H groups in total. The van der Waals surface area contributed by atoms with Crippen LogP contribution < -0.4 is 23.7 Å². The van der Waals surface area contributed by atoms with Gasteiger partial charge in [0.05, 0.1) is 5.92 Å². The fourth-order valence-electron chi connectivity index (χ4n) is 4.91. The van der Waals surface area contributed by atoms with E-state index in [2.05, 4.69) is 0 Å². The van der Waals surface area contributed by atoms with Gasteiger partial charge < -0.3 is 23.7 Å². The van der Waals surface area contributed by atoms with E-state index < -0.39 is 47.5 Å². The van der Waals surface area contributed by atoms with Crippen molar-refractivity contribution in [3.05, 3.63) is 76.9 Å². The molecule has 4 rings (SSSR count). The van der Waals surface area contributed by atoms with Gasteiger partial charge >= 0.3 is 29.8 Å². The van der Waals surface area contributed by atoms with Gasteiger partial charge in [0.25, 0.3) is 0 Å². The van der Waals surface area contributed by atoms with Crippen LogP contribution in [0.3, 0.4) is 0 Å². The quantitative estimate of drug-likeness (QED) is 0.291. The van der Waals surface area contributed by atoms with Crippen molar-refractivity contribution in [1.29, 1.82) is 0 Å². The first kappa shape index (κ1) is 29.7. The van der Waals surface area contributed by atoms with E-state index in [-0.39, 0.29) is 34.3 Å². The summed E-state index contributed by atoms with van der Waals surface area (Å²) in [7, 11) is 0. The predicted molar refractivity (Wildman–Crippen MR) is 145 cm³/mol. The van der Waals surface area contributed by atoms with Gasteiger partial charge in [-0.15, -0.1) is 0 Å². The molecule has 11 heteroatoms. The molecular formula is C31H26O11. The first-order valence-corrected chi connectivity index (χ1v) is 12.7. The third kappa shape index (κ3) is 6.69. The van der Waals surface area contributed by atoms with E-state index in [1.54, 1.807) is 24.3 Å². The topological polar surface area (TPSA) is 149 Å². The molecule has 1 aliphatic carbocycles. The molecule has 0 unspecified atom stereocenters. The minimum absolute atomic E-state index is 0.00230. The van der Waals surface area contributed by atoms with Gasteiger partial charge in [-0.25, -0.2) is 0 Å². The van der Waals surface area contributed by atoms with Gasteiger partial charge in [-0.2, -0.15) is 0 Å². The molecule has 0 saturated carbocycles. The molecule has 2 atom stereocenters. The minimum atomic E-state index is -1.01. The van der Waals surface area contributed by atoms with Crippen molar-refractivity contribution in [3.8, 4) is 28.7 Å². The van der Waals surface area contributed by atoms with Gasteiger partial charge in [0, 0.05) is 63.8 Å². The fourth-order valence-corrected chi connectivity index (χ4v) is 4.91. The second kappa shape index (κ2) is 12.0. The molecular weight excluding hydrogens is 548 g/mol. The fraction of sp³-hybridized carbons (Fsp3) is 0.226.